The van der Waals surface area contributed by atoms with Gasteiger partial charge in [-0.3, -0.25) is 0 Å². The smallest absolute Gasteiger partial charge is 0.365 e. The normalized spacial score (nSPS) is 11.4. The molecule has 0 fully saturated rings. The van der Waals surface area contributed by atoms with E-state index >= 15 is 0 Å². The van der Waals surface area contributed by atoms with Gasteiger partial charge in [-0.1, -0.05) is 42.5 Å². The van der Waals surface area contributed by atoms with Gasteiger partial charge in [-0.2, -0.15) is 0 Å². The first-order valence-electron chi connectivity index (χ1n) is 7.30. The first-order valence-corrected chi connectivity index (χ1v) is 7.30. The van der Waals surface area contributed by atoms with Gasteiger partial charge in [0.2, 0.25) is 0 Å². The summed E-state index contributed by atoms with van der Waals surface area (Å²) in [4.78, 5) is 28.8. The Morgan fingerprint density at radius 2 is 1.75 bits per heavy atom. The van der Waals surface area contributed by atoms with Crippen LogP contribution in [0.4, 0.5) is 10.5 Å². The average Bonchev–Trinajstić information content (AvgIpc) is 2.60. The Morgan fingerprint density at radius 3 is 2.38 bits per heavy atom. The van der Waals surface area contributed by atoms with Crippen molar-refractivity contribution in [3.05, 3.63) is 60.2 Å². The molecular weight excluding hydrogens is 312 g/mol. The van der Waals surface area contributed by atoms with Gasteiger partial charge in [0.05, 0.1) is 6.61 Å². The third kappa shape index (κ3) is 4.02. The van der Waals surface area contributed by atoms with E-state index in [9.17, 15) is 14.7 Å². The van der Waals surface area contributed by atoms with E-state index in [1.807, 2.05) is 0 Å². The van der Waals surface area contributed by atoms with Crippen molar-refractivity contribution in [3.8, 4) is 5.75 Å². The van der Waals surface area contributed by atoms with E-state index in [-0.39, 0.29) is 5.69 Å². The van der Waals surface area contributed by atoms with Crippen LogP contribution in [0.25, 0.3) is 0 Å². The van der Waals surface area contributed by atoms with Crippen LogP contribution in [-0.4, -0.2) is 23.7 Å². The highest BCUT2D eigenvalue weighted by Crippen LogP contribution is 2.29. The number of para-hydroxylation sites is 2. The number of rotatable bonds is 5. The largest absolute Gasteiger partial charge is 0.492 e. The number of amides is 2. The van der Waals surface area contributed by atoms with Crippen molar-refractivity contribution in [2.45, 2.75) is 13.0 Å². The van der Waals surface area contributed by atoms with Crippen molar-refractivity contribution in [3.63, 3.8) is 0 Å². The summed E-state index contributed by atoms with van der Waals surface area (Å²) < 4.78 is 5.39. The van der Waals surface area contributed by atoms with Gasteiger partial charge < -0.3 is 20.4 Å². The van der Waals surface area contributed by atoms with Crippen LogP contribution in [0, 0.1) is 0 Å². The second-order valence-corrected chi connectivity index (χ2v) is 4.76. The Bertz CT molecular complexity index is 705. The molecule has 7 nitrogen and oxygen atoms in total. The number of hydroxylamine groups is 1. The lowest BCUT2D eigenvalue weighted by Crippen LogP contribution is -2.39. The van der Waals surface area contributed by atoms with E-state index in [2.05, 4.69) is 0 Å². The number of aliphatic hydroxyl groups excluding tert-OH is 1. The molecule has 0 aromatic heterocycles. The highest BCUT2D eigenvalue weighted by molar-refractivity contribution is 5.93. The summed E-state index contributed by atoms with van der Waals surface area (Å²) in [5, 5.41) is 10.7. The maximum absolute atomic E-state index is 12.1. The van der Waals surface area contributed by atoms with Gasteiger partial charge in [0.15, 0.2) is 6.10 Å². The molecule has 0 saturated carbocycles. The average molecular weight is 330 g/mol. The molecule has 0 saturated heterocycles. The predicted molar refractivity (Wildman–Crippen MR) is 87.2 cm³/mol. The Morgan fingerprint density at radius 1 is 1.12 bits per heavy atom. The summed E-state index contributed by atoms with van der Waals surface area (Å²) >= 11 is 0. The molecule has 2 rings (SSSR count). The van der Waals surface area contributed by atoms with E-state index < -0.39 is 18.1 Å². The summed E-state index contributed by atoms with van der Waals surface area (Å²) in [5.41, 5.74) is 5.80. The number of ether oxygens (including phenoxy) is 1. The van der Waals surface area contributed by atoms with Gasteiger partial charge in [-0.25, -0.2) is 9.59 Å². The summed E-state index contributed by atoms with van der Waals surface area (Å²) in [7, 11) is 0. The lowest BCUT2D eigenvalue weighted by molar-refractivity contribution is -0.154. The second-order valence-electron chi connectivity index (χ2n) is 4.76. The first-order chi connectivity index (χ1) is 11.5. The van der Waals surface area contributed by atoms with Crippen LogP contribution >= 0.6 is 0 Å². The van der Waals surface area contributed by atoms with Gasteiger partial charge in [0, 0.05) is 0 Å². The molecule has 24 heavy (non-hydrogen) atoms. The molecule has 2 amide bonds. The Kier molecular flexibility index (Phi) is 5.75. The van der Waals surface area contributed by atoms with Crippen molar-refractivity contribution in [1.29, 1.82) is 0 Å². The van der Waals surface area contributed by atoms with Gasteiger partial charge in [-0.15, -0.1) is 5.06 Å². The van der Waals surface area contributed by atoms with Gasteiger partial charge >= 0.3 is 12.0 Å². The standard InChI is InChI=1S/C17H18N2O5/c1-2-23-14-11-7-6-10-13(14)19(17(18)22)24-16(21)15(20)12-8-4-3-5-9-12/h3-11,15,20H,2H2,1H3,(H2,18,22). The molecule has 2 aromatic rings. The lowest BCUT2D eigenvalue weighted by Gasteiger charge is -2.22. The fraction of sp³-hybridized carbons (Fsp3) is 0.176. The maximum Gasteiger partial charge on any atom is 0.365 e. The molecule has 2 aromatic carbocycles. The number of nitrogens with zero attached hydrogens (tertiary/aromatic N) is 1. The van der Waals surface area contributed by atoms with Crippen LogP contribution in [-0.2, 0) is 9.63 Å². The summed E-state index contributed by atoms with van der Waals surface area (Å²) in [6.45, 7) is 2.13. The summed E-state index contributed by atoms with van der Waals surface area (Å²) in [5.74, 6) is -0.716. The molecule has 0 aliphatic rings. The Labute approximate surface area is 139 Å². The predicted octanol–water partition coefficient (Wildman–Crippen LogP) is 2.16. The summed E-state index contributed by atoms with van der Waals surface area (Å²) in [6.07, 6.45) is -1.55. The van der Waals surface area contributed by atoms with Crippen LogP contribution < -0.4 is 15.5 Å². The third-order valence-corrected chi connectivity index (χ3v) is 3.10. The van der Waals surface area contributed by atoms with E-state index in [4.69, 9.17) is 15.3 Å². The van der Waals surface area contributed by atoms with E-state index in [1.165, 1.54) is 6.07 Å². The molecule has 1 atom stereocenters. The quantitative estimate of drug-likeness (QED) is 0.818. The number of benzene rings is 2. The fourth-order valence-electron chi connectivity index (χ4n) is 2.03. The minimum atomic E-state index is -1.55. The number of nitrogens with two attached hydrogens (primary N) is 1. The molecule has 0 bridgehead atoms. The minimum Gasteiger partial charge on any atom is -0.492 e. The SMILES string of the molecule is CCOc1ccccc1N(OC(=O)C(O)c1ccccc1)C(N)=O. The van der Waals surface area contributed by atoms with Crippen LogP contribution in [0.3, 0.4) is 0 Å². The van der Waals surface area contributed by atoms with Crippen molar-refractivity contribution in [2.24, 2.45) is 5.73 Å². The second kappa shape index (κ2) is 7.98. The molecular formula is C17H18N2O5. The first kappa shape index (κ1) is 17.3. The maximum atomic E-state index is 12.1. The Balaban J connectivity index is 2.23. The zero-order valence-electron chi connectivity index (χ0n) is 13.1. The molecule has 0 heterocycles. The monoisotopic (exact) mass is 330 g/mol. The number of urea groups is 1. The molecule has 0 spiro atoms. The lowest BCUT2D eigenvalue weighted by atomic mass is 10.1. The molecule has 0 aliphatic heterocycles. The van der Waals surface area contributed by atoms with Crippen LogP contribution in [0.1, 0.15) is 18.6 Å². The van der Waals surface area contributed by atoms with Crippen molar-refractivity contribution < 1.29 is 24.3 Å². The molecule has 7 heteroatoms. The minimum absolute atomic E-state index is 0.167. The molecule has 126 valence electrons. The molecule has 0 aliphatic carbocycles. The van der Waals surface area contributed by atoms with E-state index in [0.717, 1.165) is 0 Å². The Hall–Kier alpha value is -3.06. The zero-order valence-corrected chi connectivity index (χ0v) is 13.1. The molecule has 3 N–H and O–H groups in total. The molecule has 0 radical (unpaired) electrons. The topological polar surface area (TPSA) is 102 Å². The van der Waals surface area contributed by atoms with Gasteiger partial charge in [-0.05, 0) is 24.6 Å². The summed E-state index contributed by atoms with van der Waals surface area (Å²) in [6, 6.07) is 13.6. The fourth-order valence-corrected chi connectivity index (χ4v) is 2.03. The third-order valence-electron chi connectivity index (χ3n) is 3.10. The molecule has 1 unspecified atom stereocenters. The van der Waals surface area contributed by atoms with Crippen LogP contribution in [0.5, 0.6) is 5.75 Å². The number of carbonyl (C=O) groups excluding carboxylic acids is 2. The highest BCUT2D eigenvalue weighted by Gasteiger charge is 2.27. The zero-order chi connectivity index (χ0) is 17.5. The number of hydrogen-bond acceptors (Lipinski definition) is 5. The van der Waals surface area contributed by atoms with Gasteiger partial charge in [0.1, 0.15) is 11.4 Å². The van der Waals surface area contributed by atoms with E-state index in [1.54, 1.807) is 55.5 Å². The number of primary amides is 1. The number of hydrogen-bond donors (Lipinski definition) is 2. The van der Waals surface area contributed by atoms with Crippen molar-refractivity contribution in [2.75, 3.05) is 11.7 Å². The van der Waals surface area contributed by atoms with Crippen LogP contribution in [0.2, 0.25) is 0 Å². The number of aliphatic hydroxyl groups is 1. The van der Waals surface area contributed by atoms with E-state index in [0.29, 0.717) is 23.0 Å². The number of anilines is 1. The van der Waals surface area contributed by atoms with Crippen LogP contribution in [0.15, 0.2) is 54.6 Å². The van der Waals surface area contributed by atoms with Crippen molar-refractivity contribution in [1.82, 2.24) is 0 Å². The van der Waals surface area contributed by atoms with Crippen molar-refractivity contribution >= 4 is 17.7 Å². The number of carbonyl (C=O) groups is 2. The highest BCUT2D eigenvalue weighted by atomic mass is 16.7. The van der Waals surface area contributed by atoms with Gasteiger partial charge in [0.25, 0.3) is 0 Å².